The maximum Gasteiger partial charge on any atom is 0.434 e. The molecule has 0 aliphatic heterocycles. The lowest BCUT2D eigenvalue weighted by Crippen LogP contribution is -2.17. The molecule has 0 saturated carbocycles. The Kier molecular flexibility index (Phi) is 4.23. The predicted molar refractivity (Wildman–Crippen MR) is 73.5 cm³/mol. The Balaban J connectivity index is 2.45. The van der Waals surface area contributed by atoms with Crippen LogP contribution in [-0.4, -0.2) is 21.0 Å². The van der Waals surface area contributed by atoms with Crippen molar-refractivity contribution in [2.75, 3.05) is 5.32 Å². The van der Waals surface area contributed by atoms with Crippen molar-refractivity contribution in [1.82, 2.24) is 9.97 Å². The highest BCUT2D eigenvalue weighted by Gasteiger charge is 2.38. The third-order valence-corrected chi connectivity index (χ3v) is 3.21. The van der Waals surface area contributed by atoms with Gasteiger partial charge in [-0.3, -0.25) is 0 Å². The smallest absolute Gasteiger partial charge is 0.434 e. The molecule has 5 nitrogen and oxygen atoms in total. The molecular formula is C13H9ClF3N3O2. The van der Waals surface area contributed by atoms with Crippen LogP contribution in [0.4, 0.5) is 24.8 Å². The fourth-order valence-corrected chi connectivity index (χ4v) is 1.85. The zero-order valence-corrected chi connectivity index (χ0v) is 11.8. The molecular weight excluding hydrogens is 323 g/mol. The first-order valence-electron chi connectivity index (χ1n) is 5.90. The molecule has 0 atom stereocenters. The Morgan fingerprint density at radius 1 is 1.36 bits per heavy atom. The number of aromatic nitrogens is 2. The lowest BCUT2D eigenvalue weighted by molar-refractivity contribution is -0.141. The van der Waals surface area contributed by atoms with Gasteiger partial charge >= 0.3 is 12.1 Å². The van der Waals surface area contributed by atoms with E-state index < -0.39 is 23.4 Å². The minimum absolute atomic E-state index is 0.373. The van der Waals surface area contributed by atoms with Gasteiger partial charge in [-0.15, -0.1) is 0 Å². The molecule has 2 N–H and O–H groups in total. The van der Waals surface area contributed by atoms with Crippen LogP contribution in [0.2, 0.25) is 5.02 Å². The first-order valence-corrected chi connectivity index (χ1v) is 6.27. The SMILES string of the molecule is Cc1c(Cl)cccc1Nc1ncc(C(=O)O)c(C(F)(F)F)n1. The van der Waals surface area contributed by atoms with Crippen LogP contribution in [0, 0.1) is 6.92 Å². The zero-order chi connectivity index (χ0) is 16.5. The van der Waals surface area contributed by atoms with Crippen molar-refractivity contribution >= 4 is 29.2 Å². The number of anilines is 2. The Hall–Kier alpha value is -2.35. The molecule has 116 valence electrons. The molecule has 2 rings (SSSR count). The van der Waals surface area contributed by atoms with Gasteiger partial charge in [-0.1, -0.05) is 17.7 Å². The van der Waals surface area contributed by atoms with Crippen LogP contribution in [-0.2, 0) is 6.18 Å². The van der Waals surface area contributed by atoms with Gasteiger partial charge in [0, 0.05) is 16.9 Å². The summed E-state index contributed by atoms with van der Waals surface area (Å²) in [5.74, 6) is -2.12. The Morgan fingerprint density at radius 2 is 2.05 bits per heavy atom. The molecule has 0 radical (unpaired) electrons. The average molecular weight is 332 g/mol. The van der Waals surface area contributed by atoms with E-state index in [1.807, 2.05) is 0 Å². The van der Waals surface area contributed by atoms with Crippen LogP contribution in [0.1, 0.15) is 21.6 Å². The third-order valence-electron chi connectivity index (χ3n) is 2.80. The maximum atomic E-state index is 12.9. The Labute approximate surface area is 127 Å². The van der Waals surface area contributed by atoms with E-state index >= 15 is 0 Å². The van der Waals surface area contributed by atoms with Crippen LogP contribution < -0.4 is 5.32 Å². The fraction of sp³-hybridized carbons (Fsp3) is 0.154. The van der Waals surface area contributed by atoms with E-state index in [1.54, 1.807) is 25.1 Å². The van der Waals surface area contributed by atoms with E-state index in [-0.39, 0.29) is 5.95 Å². The second kappa shape index (κ2) is 5.80. The largest absolute Gasteiger partial charge is 0.478 e. The van der Waals surface area contributed by atoms with E-state index in [0.717, 1.165) is 0 Å². The van der Waals surface area contributed by atoms with E-state index in [2.05, 4.69) is 15.3 Å². The predicted octanol–water partition coefficient (Wildman–Crippen LogP) is 3.90. The average Bonchev–Trinajstić information content (AvgIpc) is 2.42. The molecule has 1 aromatic heterocycles. The van der Waals surface area contributed by atoms with E-state index in [1.165, 1.54) is 0 Å². The van der Waals surface area contributed by atoms with E-state index in [0.29, 0.717) is 22.5 Å². The number of aromatic carboxylic acids is 1. The summed E-state index contributed by atoms with van der Waals surface area (Å²) in [6.45, 7) is 1.67. The zero-order valence-electron chi connectivity index (χ0n) is 11.1. The molecule has 0 saturated heterocycles. The van der Waals surface area contributed by atoms with Gasteiger partial charge in [0.15, 0.2) is 5.69 Å². The number of alkyl halides is 3. The van der Waals surface area contributed by atoms with Gasteiger partial charge in [0.2, 0.25) is 5.95 Å². The third kappa shape index (κ3) is 3.28. The van der Waals surface area contributed by atoms with Gasteiger partial charge in [0.1, 0.15) is 5.56 Å². The van der Waals surface area contributed by atoms with Crippen molar-refractivity contribution < 1.29 is 23.1 Å². The van der Waals surface area contributed by atoms with Gasteiger partial charge < -0.3 is 10.4 Å². The number of nitrogens with zero attached hydrogens (tertiary/aromatic N) is 2. The lowest BCUT2D eigenvalue weighted by atomic mass is 10.2. The molecule has 0 spiro atoms. The maximum absolute atomic E-state index is 12.9. The summed E-state index contributed by atoms with van der Waals surface area (Å²) < 4.78 is 38.6. The molecule has 0 bridgehead atoms. The molecule has 0 unspecified atom stereocenters. The van der Waals surface area contributed by atoms with Gasteiger partial charge in [0.25, 0.3) is 0 Å². The van der Waals surface area contributed by atoms with Crippen molar-refractivity contribution in [3.63, 3.8) is 0 Å². The first-order chi connectivity index (χ1) is 10.2. The molecule has 0 aliphatic carbocycles. The summed E-state index contributed by atoms with van der Waals surface area (Å²) in [6.07, 6.45) is -4.29. The van der Waals surface area contributed by atoms with E-state index in [9.17, 15) is 18.0 Å². The molecule has 1 heterocycles. The Morgan fingerprint density at radius 3 is 2.64 bits per heavy atom. The quantitative estimate of drug-likeness (QED) is 0.892. The minimum Gasteiger partial charge on any atom is -0.478 e. The molecule has 9 heteroatoms. The number of nitrogens with one attached hydrogen (secondary N) is 1. The number of rotatable bonds is 3. The number of hydrogen-bond acceptors (Lipinski definition) is 4. The number of carboxylic acid groups (broad SMARTS) is 1. The first kappa shape index (κ1) is 16.0. The molecule has 1 aromatic carbocycles. The highest BCUT2D eigenvalue weighted by molar-refractivity contribution is 6.31. The van der Waals surface area contributed by atoms with Gasteiger partial charge in [-0.05, 0) is 24.6 Å². The number of benzene rings is 1. The van der Waals surface area contributed by atoms with Crippen LogP contribution in [0.5, 0.6) is 0 Å². The molecule has 0 amide bonds. The van der Waals surface area contributed by atoms with Gasteiger partial charge in [-0.2, -0.15) is 13.2 Å². The summed E-state index contributed by atoms with van der Waals surface area (Å²) in [5, 5.41) is 11.8. The summed E-state index contributed by atoms with van der Waals surface area (Å²) in [5.41, 5.74) is -1.51. The van der Waals surface area contributed by atoms with Gasteiger partial charge in [0.05, 0.1) is 0 Å². The number of halogens is 4. The second-order valence-electron chi connectivity index (χ2n) is 4.30. The second-order valence-corrected chi connectivity index (χ2v) is 4.70. The molecule has 2 aromatic rings. The number of hydrogen-bond donors (Lipinski definition) is 2. The van der Waals surface area contributed by atoms with Gasteiger partial charge in [-0.25, -0.2) is 14.8 Å². The van der Waals surface area contributed by atoms with Crippen LogP contribution in [0.25, 0.3) is 0 Å². The number of carbonyl (C=O) groups is 1. The lowest BCUT2D eigenvalue weighted by Gasteiger charge is -2.12. The summed E-state index contributed by atoms with van der Waals surface area (Å²) in [6, 6.07) is 4.81. The molecule has 0 aliphatic rings. The topological polar surface area (TPSA) is 75.1 Å². The summed E-state index contributed by atoms with van der Waals surface area (Å²) >= 11 is 5.91. The molecule has 22 heavy (non-hydrogen) atoms. The number of carboxylic acids is 1. The van der Waals surface area contributed by atoms with E-state index in [4.69, 9.17) is 16.7 Å². The van der Waals surface area contributed by atoms with Crippen molar-refractivity contribution in [1.29, 1.82) is 0 Å². The van der Waals surface area contributed by atoms with Crippen molar-refractivity contribution in [3.05, 3.63) is 46.2 Å². The highest BCUT2D eigenvalue weighted by atomic mass is 35.5. The van der Waals surface area contributed by atoms with Crippen molar-refractivity contribution in [3.8, 4) is 0 Å². The normalized spacial score (nSPS) is 11.3. The summed E-state index contributed by atoms with van der Waals surface area (Å²) in [7, 11) is 0. The van der Waals surface area contributed by atoms with Crippen LogP contribution in [0.3, 0.4) is 0 Å². The monoisotopic (exact) mass is 331 g/mol. The van der Waals surface area contributed by atoms with Crippen LogP contribution >= 0.6 is 11.6 Å². The summed E-state index contributed by atoms with van der Waals surface area (Å²) in [4.78, 5) is 17.7. The Bertz CT molecular complexity index is 735. The standard InChI is InChI=1S/C13H9ClF3N3O2/c1-6-8(14)3-2-4-9(6)19-12-18-5-7(11(21)22)10(20-12)13(15,16)17/h2-5H,1H3,(H,21,22)(H,18,19,20). The highest BCUT2D eigenvalue weighted by Crippen LogP contribution is 2.32. The van der Waals surface area contributed by atoms with Crippen molar-refractivity contribution in [2.24, 2.45) is 0 Å². The molecule has 0 fully saturated rings. The fourth-order valence-electron chi connectivity index (χ4n) is 1.68. The van der Waals surface area contributed by atoms with Crippen LogP contribution in [0.15, 0.2) is 24.4 Å². The minimum atomic E-state index is -4.91. The van der Waals surface area contributed by atoms with Crippen molar-refractivity contribution in [2.45, 2.75) is 13.1 Å².